The fourth-order valence-corrected chi connectivity index (χ4v) is 3.49. The number of aromatic nitrogens is 2. The number of fused-ring (bicyclic) bond motifs is 1. The van der Waals surface area contributed by atoms with Gasteiger partial charge in [-0.3, -0.25) is 14.8 Å². The number of hydrogen-bond donors (Lipinski definition) is 1. The number of hydrogen-bond acceptors (Lipinski definition) is 3. The zero-order valence-electron chi connectivity index (χ0n) is 13.8. The smallest absolute Gasteiger partial charge is 0.275 e. The highest BCUT2D eigenvalue weighted by Crippen LogP contribution is 2.18. The van der Waals surface area contributed by atoms with Crippen LogP contribution in [0.15, 0.2) is 48.5 Å². The number of para-hydroxylation sites is 1. The molecule has 0 unspecified atom stereocenters. The Hall–Kier alpha value is -2.37. The molecule has 1 saturated heterocycles. The molecule has 0 bridgehead atoms. The summed E-state index contributed by atoms with van der Waals surface area (Å²) < 4.78 is 0. The lowest BCUT2D eigenvalue weighted by atomic mass is 10.1. The quantitative estimate of drug-likeness (QED) is 0.786. The summed E-state index contributed by atoms with van der Waals surface area (Å²) in [6, 6.07) is 15.7. The minimum atomic E-state index is -0.000134. The molecule has 0 saturated carbocycles. The van der Waals surface area contributed by atoms with E-state index in [1.807, 2.05) is 47.4 Å². The van der Waals surface area contributed by atoms with Crippen LogP contribution < -0.4 is 0 Å². The molecule has 2 heterocycles. The Labute approximate surface area is 151 Å². The number of halogens is 1. The van der Waals surface area contributed by atoms with Crippen molar-refractivity contribution in [1.82, 2.24) is 20.0 Å². The maximum Gasteiger partial charge on any atom is 0.275 e. The molecule has 0 radical (unpaired) electrons. The topological polar surface area (TPSA) is 52.2 Å². The second-order valence-electron chi connectivity index (χ2n) is 6.32. The monoisotopic (exact) mass is 354 g/mol. The fourth-order valence-electron chi connectivity index (χ4n) is 3.28. The average Bonchev–Trinajstić information content (AvgIpc) is 3.06. The molecule has 4 rings (SSSR count). The maximum absolute atomic E-state index is 12.8. The van der Waals surface area contributed by atoms with Crippen LogP contribution in [-0.4, -0.2) is 52.1 Å². The SMILES string of the molecule is O=C(c1n[nH]c2ccccc12)N1CCN(Cc2cccc(Cl)c2)CC1. The van der Waals surface area contributed by atoms with Crippen LogP contribution in [0.4, 0.5) is 0 Å². The number of amides is 1. The Bertz CT molecular complexity index is 899. The molecule has 2 aromatic carbocycles. The van der Waals surface area contributed by atoms with E-state index in [0.717, 1.165) is 35.6 Å². The molecule has 6 heteroatoms. The summed E-state index contributed by atoms with van der Waals surface area (Å²) in [6.07, 6.45) is 0. The zero-order chi connectivity index (χ0) is 17.2. The van der Waals surface area contributed by atoms with Crippen molar-refractivity contribution in [2.24, 2.45) is 0 Å². The van der Waals surface area contributed by atoms with E-state index in [4.69, 9.17) is 11.6 Å². The van der Waals surface area contributed by atoms with Crippen LogP contribution in [0, 0.1) is 0 Å². The lowest BCUT2D eigenvalue weighted by Gasteiger charge is -2.34. The van der Waals surface area contributed by atoms with E-state index in [1.165, 1.54) is 5.56 Å². The molecule has 1 amide bonds. The van der Waals surface area contributed by atoms with Gasteiger partial charge in [0.2, 0.25) is 0 Å². The van der Waals surface area contributed by atoms with Gasteiger partial charge in [0, 0.05) is 43.1 Å². The van der Waals surface area contributed by atoms with Gasteiger partial charge in [-0.25, -0.2) is 0 Å². The first-order chi connectivity index (χ1) is 12.2. The van der Waals surface area contributed by atoms with Crippen molar-refractivity contribution in [3.05, 3.63) is 64.8 Å². The van der Waals surface area contributed by atoms with Crippen molar-refractivity contribution >= 4 is 28.4 Å². The van der Waals surface area contributed by atoms with Crippen molar-refractivity contribution in [3.63, 3.8) is 0 Å². The second-order valence-corrected chi connectivity index (χ2v) is 6.75. The molecular weight excluding hydrogens is 336 g/mol. The number of nitrogens with one attached hydrogen (secondary N) is 1. The number of carbonyl (C=O) groups excluding carboxylic acids is 1. The fraction of sp³-hybridized carbons (Fsp3) is 0.263. The Morgan fingerprint density at radius 1 is 1.08 bits per heavy atom. The minimum absolute atomic E-state index is 0.000134. The third-order valence-corrected chi connectivity index (χ3v) is 4.86. The number of H-pyrrole nitrogens is 1. The van der Waals surface area contributed by atoms with Gasteiger partial charge in [0.25, 0.3) is 5.91 Å². The van der Waals surface area contributed by atoms with Gasteiger partial charge in [0.1, 0.15) is 0 Å². The molecule has 5 nitrogen and oxygen atoms in total. The number of rotatable bonds is 3. The first-order valence-electron chi connectivity index (χ1n) is 8.40. The van der Waals surface area contributed by atoms with Gasteiger partial charge in [-0.15, -0.1) is 0 Å². The number of aromatic amines is 1. The molecule has 1 aromatic heterocycles. The number of nitrogens with zero attached hydrogens (tertiary/aromatic N) is 3. The van der Waals surface area contributed by atoms with Gasteiger partial charge in [-0.2, -0.15) is 5.10 Å². The lowest BCUT2D eigenvalue weighted by molar-refractivity contribution is 0.0624. The van der Waals surface area contributed by atoms with Crippen LogP contribution in [0.2, 0.25) is 5.02 Å². The van der Waals surface area contributed by atoms with E-state index in [0.29, 0.717) is 18.8 Å². The first kappa shape index (κ1) is 16.1. The highest BCUT2D eigenvalue weighted by Gasteiger charge is 2.25. The van der Waals surface area contributed by atoms with E-state index in [2.05, 4.69) is 21.2 Å². The molecule has 1 N–H and O–H groups in total. The summed E-state index contributed by atoms with van der Waals surface area (Å²) in [6.45, 7) is 3.97. The molecule has 1 aliphatic rings. The molecule has 0 spiro atoms. The second kappa shape index (κ2) is 6.86. The summed E-state index contributed by atoms with van der Waals surface area (Å²) in [5.41, 5.74) is 2.61. The van der Waals surface area contributed by atoms with Crippen molar-refractivity contribution in [2.75, 3.05) is 26.2 Å². The molecule has 0 atom stereocenters. The molecule has 1 aliphatic heterocycles. The highest BCUT2D eigenvalue weighted by molar-refractivity contribution is 6.30. The number of carbonyl (C=O) groups is 1. The maximum atomic E-state index is 12.8. The van der Waals surface area contributed by atoms with Gasteiger partial charge < -0.3 is 4.90 Å². The molecule has 0 aliphatic carbocycles. The van der Waals surface area contributed by atoms with Gasteiger partial charge in [0.15, 0.2) is 5.69 Å². The zero-order valence-corrected chi connectivity index (χ0v) is 14.5. The highest BCUT2D eigenvalue weighted by atomic mass is 35.5. The number of piperazine rings is 1. The van der Waals surface area contributed by atoms with Crippen molar-refractivity contribution in [1.29, 1.82) is 0 Å². The predicted octanol–water partition coefficient (Wildman–Crippen LogP) is 3.17. The molecular formula is C19H19ClN4O. The Morgan fingerprint density at radius 3 is 2.68 bits per heavy atom. The molecule has 1 fully saturated rings. The van der Waals surface area contributed by atoms with Crippen LogP contribution in [0.25, 0.3) is 10.9 Å². The van der Waals surface area contributed by atoms with E-state index >= 15 is 0 Å². The van der Waals surface area contributed by atoms with E-state index < -0.39 is 0 Å². The minimum Gasteiger partial charge on any atom is -0.335 e. The average molecular weight is 355 g/mol. The lowest BCUT2D eigenvalue weighted by Crippen LogP contribution is -2.48. The first-order valence-corrected chi connectivity index (χ1v) is 8.78. The van der Waals surface area contributed by atoms with Crippen LogP contribution in [0.5, 0.6) is 0 Å². The van der Waals surface area contributed by atoms with Crippen LogP contribution in [-0.2, 0) is 6.54 Å². The van der Waals surface area contributed by atoms with Gasteiger partial charge in [-0.1, -0.05) is 41.9 Å². The Kier molecular flexibility index (Phi) is 4.42. The summed E-state index contributed by atoms with van der Waals surface area (Å²) in [4.78, 5) is 17.0. The number of benzene rings is 2. The van der Waals surface area contributed by atoms with E-state index in [1.54, 1.807) is 0 Å². The van der Waals surface area contributed by atoms with Crippen LogP contribution in [0.1, 0.15) is 16.1 Å². The summed E-state index contributed by atoms with van der Waals surface area (Å²) in [5.74, 6) is -0.000134. The largest absolute Gasteiger partial charge is 0.335 e. The van der Waals surface area contributed by atoms with E-state index in [9.17, 15) is 4.79 Å². The molecule has 3 aromatic rings. The predicted molar refractivity (Wildman–Crippen MR) is 98.7 cm³/mol. The summed E-state index contributed by atoms with van der Waals surface area (Å²) in [7, 11) is 0. The van der Waals surface area contributed by atoms with Crippen LogP contribution >= 0.6 is 11.6 Å². The Balaban J connectivity index is 1.40. The molecule has 25 heavy (non-hydrogen) atoms. The van der Waals surface area contributed by atoms with Gasteiger partial charge in [0.05, 0.1) is 5.52 Å². The van der Waals surface area contributed by atoms with Crippen LogP contribution in [0.3, 0.4) is 0 Å². The van der Waals surface area contributed by atoms with Gasteiger partial charge >= 0.3 is 0 Å². The standard InChI is InChI=1S/C19H19ClN4O/c20-15-5-3-4-14(12-15)13-23-8-10-24(11-9-23)19(25)18-16-6-1-2-7-17(16)21-22-18/h1-7,12H,8-11,13H2,(H,21,22). The molecule has 128 valence electrons. The van der Waals surface area contributed by atoms with Crippen molar-refractivity contribution in [2.45, 2.75) is 6.54 Å². The third-order valence-electron chi connectivity index (χ3n) is 4.63. The normalized spacial score (nSPS) is 15.6. The van der Waals surface area contributed by atoms with Gasteiger partial charge in [-0.05, 0) is 23.8 Å². The summed E-state index contributed by atoms with van der Waals surface area (Å²) >= 11 is 6.05. The van der Waals surface area contributed by atoms with E-state index in [-0.39, 0.29) is 5.91 Å². The Morgan fingerprint density at radius 2 is 1.88 bits per heavy atom. The van der Waals surface area contributed by atoms with Crippen molar-refractivity contribution < 1.29 is 4.79 Å². The third kappa shape index (κ3) is 3.38. The summed E-state index contributed by atoms with van der Waals surface area (Å²) in [5, 5.41) is 8.80. The van der Waals surface area contributed by atoms with Crippen molar-refractivity contribution in [3.8, 4) is 0 Å².